The monoisotopic (exact) mass is 421 g/mol. The van der Waals surface area contributed by atoms with Gasteiger partial charge in [0.2, 0.25) is 0 Å². The van der Waals surface area contributed by atoms with Gasteiger partial charge in [0, 0.05) is 17.3 Å². The van der Waals surface area contributed by atoms with Crippen molar-refractivity contribution in [1.29, 1.82) is 0 Å². The van der Waals surface area contributed by atoms with Gasteiger partial charge < -0.3 is 14.5 Å². The number of aryl methyl sites for hydroxylation is 1. The summed E-state index contributed by atoms with van der Waals surface area (Å²) in [6.45, 7) is 2.82. The molecule has 4 aromatic rings. The molecule has 2 aromatic heterocycles. The molecule has 4 rings (SSSR count). The molecule has 0 spiro atoms. The van der Waals surface area contributed by atoms with E-state index in [1.165, 1.54) is 0 Å². The summed E-state index contributed by atoms with van der Waals surface area (Å²) >= 11 is 5.91. The van der Waals surface area contributed by atoms with Crippen LogP contribution in [0.15, 0.2) is 77.3 Å². The molecule has 1 N–H and O–H groups in total. The van der Waals surface area contributed by atoms with Crippen LogP contribution in [-0.4, -0.2) is 15.7 Å². The molecule has 0 aliphatic carbocycles. The van der Waals surface area contributed by atoms with Crippen molar-refractivity contribution in [3.63, 3.8) is 0 Å². The third-order valence-corrected chi connectivity index (χ3v) is 4.65. The third kappa shape index (κ3) is 5.10. The minimum Gasteiger partial charge on any atom is -0.486 e. The van der Waals surface area contributed by atoms with Crippen LogP contribution in [0.1, 0.15) is 27.4 Å². The van der Waals surface area contributed by atoms with Crippen LogP contribution in [0.5, 0.6) is 5.75 Å². The summed E-state index contributed by atoms with van der Waals surface area (Å²) in [5.41, 5.74) is 2.17. The predicted molar refractivity (Wildman–Crippen MR) is 115 cm³/mol. The van der Waals surface area contributed by atoms with Gasteiger partial charge >= 0.3 is 0 Å². The van der Waals surface area contributed by atoms with Crippen molar-refractivity contribution in [3.8, 4) is 5.75 Å². The van der Waals surface area contributed by atoms with E-state index < -0.39 is 0 Å². The maximum absolute atomic E-state index is 12.4. The molecule has 0 atom stereocenters. The lowest BCUT2D eigenvalue weighted by atomic mass is 10.2. The van der Waals surface area contributed by atoms with Gasteiger partial charge in [-0.2, -0.15) is 5.10 Å². The highest BCUT2D eigenvalue weighted by Gasteiger charge is 2.13. The maximum Gasteiger partial charge on any atom is 0.292 e. The van der Waals surface area contributed by atoms with Crippen molar-refractivity contribution < 1.29 is 13.9 Å². The zero-order valence-corrected chi connectivity index (χ0v) is 17.1. The van der Waals surface area contributed by atoms with Gasteiger partial charge in [-0.3, -0.25) is 9.48 Å². The van der Waals surface area contributed by atoms with E-state index in [9.17, 15) is 4.79 Å². The van der Waals surface area contributed by atoms with Crippen molar-refractivity contribution in [2.45, 2.75) is 20.1 Å². The fourth-order valence-corrected chi connectivity index (χ4v) is 3.03. The van der Waals surface area contributed by atoms with E-state index in [-0.39, 0.29) is 18.3 Å². The Bertz CT molecular complexity index is 1150. The first-order chi connectivity index (χ1) is 14.5. The number of furan rings is 1. The molecule has 30 heavy (non-hydrogen) atoms. The fraction of sp³-hybridized carbons (Fsp3) is 0.130. The third-order valence-electron chi connectivity index (χ3n) is 4.40. The summed E-state index contributed by atoms with van der Waals surface area (Å²) in [4.78, 5) is 12.4. The lowest BCUT2D eigenvalue weighted by Gasteiger charge is -2.05. The number of hydrogen-bond donors (Lipinski definition) is 1. The highest BCUT2D eigenvalue weighted by atomic mass is 35.5. The lowest BCUT2D eigenvalue weighted by Crippen LogP contribution is -2.12. The topological polar surface area (TPSA) is 69.3 Å². The molecule has 0 aliphatic heterocycles. The number of aromatic nitrogens is 2. The molecule has 0 fully saturated rings. The molecule has 0 aliphatic rings. The largest absolute Gasteiger partial charge is 0.486 e. The number of amides is 1. The number of nitrogens with one attached hydrogen (secondary N) is 1. The Hall–Kier alpha value is -3.51. The number of ether oxygens (including phenoxy) is 1. The minimum atomic E-state index is -0.367. The van der Waals surface area contributed by atoms with Gasteiger partial charge in [-0.25, -0.2) is 0 Å². The van der Waals surface area contributed by atoms with E-state index in [4.69, 9.17) is 20.8 Å². The van der Waals surface area contributed by atoms with E-state index in [1.54, 1.807) is 29.1 Å². The first-order valence-electron chi connectivity index (χ1n) is 9.42. The molecule has 0 bridgehead atoms. The number of benzene rings is 2. The second kappa shape index (κ2) is 8.88. The van der Waals surface area contributed by atoms with Crippen LogP contribution in [0.2, 0.25) is 5.02 Å². The summed E-state index contributed by atoms with van der Waals surface area (Å²) in [6, 6.07) is 20.4. The van der Waals surface area contributed by atoms with Gasteiger partial charge in [0.25, 0.3) is 5.91 Å². The van der Waals surface area contributed by atoms with E-state index in [2.05, 4.69) is 10.4 Å². The van der Waals surface area contributed by atoms with Crippen LogP contribution in [0.4, 0.5) is 5.82 Å². The number of carbonyl (C=O) groups is 1. The number of carbonyl (C=O) groups excluding carboxylic acids is 1. The number of rotatable bonds is 7. The second-order valence-electron chi connectivity index (χ2n) is 6.85. The molecule has 0 saturated carbocycles. The molecular weight excluding hydrogens is 402 g/mol. The van der Waals surface area contributed by atoms with Crippen molar-refractivity contribution in [2.75, 3.05) is 5.32 Å². The first kappa shape index (κ1) is 19.8. The van der Waals surface area contributed by atoms with Crippen LogP contribution < -0.4 is 10.1 Å². The van der Waals surface area contributed by atoms with Gasteiger partial charge in [-0.05, 0) is 54.4 Å². The summed E-state index contributed by atoms with van der Waals surface area (Å²) in [7, 11) is 0. The number of nitrogens with zero attached hydrogens (tertiary/aromatic N) is 2. The van der Waals surface area contributed by atoms with Crippen LogP contribution >= 0.6 is 11.6 Å². The highest BCUT2D eigenvalue weighted by molar-refractivity contribution is 6.30. The summed E-state index contributed by atoms with van der Waals surface area (Å²) in [5, 5.41) is 7.80. The molecule has 1 amide bonds. The van der Waals surface area contributed by atoms with Gasteiger partial charge in [-0.15, -0.1) is 0 Å². The zero-order valence-electron chi connectivity index (χ0n) is 16.3. The molecule has 152 valence electrons. The van der Waals surface area contributed by atoms with Crippen molar-refractivity contribution in [2.24, 2.45) is 0 Å². The lowest BCUT2D eigenvalue weighted by molar-refractivity contribution is 0.0992. The maximum atomic E-state index is 12.4. The average molecular weight is 422 g/mol. The van der Waals surface area contributed by atoms with Gasteiger partial charge in [0.05, 0.1) is 6.54 Å². The summed E-state index contributed by atoms with van der Waals surface area (Å²) in [6.07, 6.45) is 1.80. The van der Waals surface area contributed by atoms with E-state index in [1.807, 2.05) is 55.5 Å². The van der Waals surface area contributed by atoms with E-state index in [0.717, 1.165) is 16.9 Å². The van der Waals surface area contributed by atoms with Crippen LogP contribution in [0.3, 0.4) is 0 Å². The number of hydrogen-bond acceptors (Lipinski definition) is 4. The van der Waals surface area contributed by atoms with Crippen LogP contribution in [0, 0.1) is 6.92 Å². The molecular formula is C23H20ClN3O3. The number of halogens is 1. The quantitative estimate of drug-likeness (QED) is 0.438. The van der Waals surface area contributed by atoms with Gasteiger partial charge in [0.15, 0.2) is 11.6 Å². The number of anilines is 1. The van der Waals surface area contributed by atoms with Crippen molar-refractivity contribution >= 4 is 23.3 Å². The molecule has 7 heteroatoms. The average Bonchev–Trinajstić information content (AvgIpc) is 3.38. The standard InChI is InChI=1S/C23H20ClN3O3/c1-16-3-2-4-19(13-16)29-15-20-9-10-21(30-20)23(28)25-22-11-12-27(26-22)14-17-5-7-18(24)8-6-17/h2-13H,14-15H2,1H3,(H,25,26,28). The van der Waals surface area contributed by atoms with Crippen molar-refractivity contribution in [1.82, 2.24) is 9.78 Å². The SMILES string of the molecule is Cc1cccc(OCc2ccc(C(=O)Nc3ccn(Cc4ccc(Cl)cc4)n3)o2)c1. The second-order valence-corrected chi connectivity index (χ2v) is 7.29. The molecule has 2 aromatic carbocycles. The van der Waals surface area contributed by atoms with Gasteiger partial charge in [0.1, 0.15) is 18.1 Å². The Kier molecular flexibility index (Phi) is 5.86. The summed E-state index contributed by atoms with van der Waals surface area (Å²) in [5.74, 6) is 1.60. The summed E-state index contributed by atoms with van der Waals surface area (Å²) < 4.78 is 13.0. The molecule has 2 heterocycles. The normalized spacial score (nSPS) is 10.7. The highest BCUT2D eigenvalue weighted by Crippen LogP contribution is 2.17. The zero-order chi connectivity index (χ0) is 20.9. The first-order valence-corrected chi connectivity index (χ1v) is 9.80. The van der Waals surface area contributed by atoms with Crippen molar-refractivity contribution in [3.05, 3.63) is 101 Å². The van der Waals surface area contributed by atoms with Crippen LogP contribution in [-0.2, 0) is 13.2 Å². The van der Waals surface area contributed by atoms with E-state index >= 15 is 0 Å². The van der Waals surface area contributed by atoms with E-state index in [0.29, 0.717) is 23.1 Å². The Morgan fingerprint density at radius 2 is 1.97 bits per heavy atom. The Morgan fingerprint density at radius 1 is 1.13 bits per heavy atom. The Balaban J connectivity index is 1.33. The smallest absolute Gasteiger partial charge is 0.292 e. The van der Waals surface area contributed by atoms with Gasteiger partial charge in [-0.1, -0.05) is 35.9 Å². The molecule has 6 nitrogen and oxygen atoms in total. The fourth-order valence-electron chi connectivity index (χ4n) is 2.91. The minimum absolute atomic E-state index is 0.199. The molecule has 0 radical (unpaired) electrons. The Labute approximate surface area is 179 Å². The Morgan fingerprint density at radius 3 is 2.77 bits per heavy atom. The molecule has 0 saturated heterocycles. The molecule has 0 unspecified atom stereocenters. The predicted octanol–water partition coefficient (Wildman–Crippen LogP) is 5.32. The van der Waals surface area contributed by atoms with Crippen LogP contribution in [0.25, 0.3) is 0 Å².